The summed E-state index contributed by atoms with van der Waals surface area (Å²) in [4.78, 5) is 5.08. The minimum absolute atomic E-state index is 0.771. The quantitative estimate of drug-likeness (QED) is 0.603. The molecule has 1 aliphatic heterocycles. The molecule has 18 heavy (non-hydrogen) atoms. The maximum atomic E-state index is 3.51. The fourth-order valence-corrected chi connectivity index (χ4v) is 2.45. The molecule has 1 saturated heterocycles. The zero-order valence-electron chi connectivity index (χ0n) is 12.7. The standard InChI is InChI=1S/C15H33N3/c1-15(2)14-16-8-4-5-9-17(3)12-13-18-10-6-7-11-18/h15-16H,4-14H2,1-3H3. The van der Waals surface area contributed by atoms with Crippen molar-refractivity contribution >= 4 is 0 Å². The van der Waals surface area contributed by atoms with Crippen molar-refractivity contribution in [1.29, 1.82) is 0 Å². The Kier molecular flexibility index (Phi) is 8.64. The molecular formula is C15H33N3. The second-order valence-electron chi connectivity index (χ2n) is 6.16. The van der Waals surface area contributed by atoms with Crippen LogP contribution in [0.5, 0.6) is 0 Å². The summed E-state index contributed by atoms with van der Waals surface area (Å²) in [5.74, 6) is 0.771. The highest BCUT2D eigenvalue weighted by atomic mass is 15.2. The number of hydrogen-bond donors (Lipinski definition) is 1. The molecule has 1 aliphatic rings. The molecule has 1 N–H and O–H groups in total. The topological polar surface area (TPSA) is 18.5 Å². The van der Waals surface area contributed by atoms with Gasteiger partial charge in [0.25, 0.3) is 0 Å². The van der Waals surface area contributed by atoms with Crippen LogP contribution >= 0.6 is 0 Å². The Balaban J connectivity index is 1.85. The Hall–Kier alpha value is -0.120. The van der Waals surface area contributed by atoms with Crippen molar-refractivity contribution < 1.29 is 0 Å². The molecule has 3 heteroatoms. The van der Waals surface area contributed by atoms with Crippen LogP contribution in [-0.2, 0) is 0 Å². The van der Waals surface area contributed by atoms with Gasteiger partial charge in [-0.1, -0.05) is 13.8 Å². The van der Waals surface area contributed by atoms with Crippen LogP contribution in [0.2, 0.25) is 0 Å². The highest BCUT2D eigenvalue weighted by molar-refractivity contribution is 4.67. The molecule has 1 heterocycles. The predicted molar refractivity (Wildman–Crippen MR) is 80.1 cm³/mol. The molecule has 0 aromatic heterocycles. The van der Waals surface area contributed by atoms with E-state index < -0.39 is 0 Å². The van der Waals surface area contributed by atoms with Crippen LogP contribution < -0.4 is 5.32 Å². The summed E-state index contributed by atoms with van der Waals surface area (Å²) in [6.45, 7) is 13.3. The second kappa shape index (κ2) is 9.76. The van der Waals surface area contributed by atoms with Crippen molar-refractivity contribution in [2.45, 2.75) is 39.5 Å². The molecule has 1 fully saturated rings. The van der Waals surface area contributed by atoms with E-state index in [-0.39, 0.29) is 0 Å². The first-order valence-corrected chi connectivity index (χ1v) is 7.80. The summed E-state index contributed by atoms with van der Waals surface area (Å²) < 4.78 is 0. The van der Waals surface area contributed by atoms with Crippen LogP contribution in [0.25, 0.3) is 0 Å². The molecule has 0 bridgehead atoms. The molecule has 0 radical (unpaired) electrons. The average Bonchev–Trinajstić information content (AvgIpc) is 2.83. The van der Waals surface area contributed by atoms with Gasteiger partial charge in [-0.3, -0.25) is 0 Å². The molecule has 0 aliphatic carbocycles. The maximum Gasteiger partial charge on any atom is 0.0109 e. The lowest BCUT2D eigenvalue weighted by atomic mass is 10.2. The third-order valence-electron chi connectivity index (χ3n) is 3.69. The van der Waals surface area contributed by atoms with Crippen molar-refractivity contribution in [3.8, 4) is 0 Å². The minimum Gasteiger partial charge on any atom is -0.316 e. The monoisotopic (exact) mass is 255 g/mol. The van der Waals surface area contributed by atoms with Gasteiger partial charge < -0.3 is 15.1 Å². The molecule has 3 nitrogen and oxygen atoms in total. The number of nitrogens with zero attached hydrogens (tertiary/aromatic N) is 2. The van der Waals surface area contributed by atoms with E-state index in [1.165, 1.54) is 65.0 Å². The fraction of sp³-hybridized carbons (Fsp3) is 1.00. The SMILES string of the molecule is CC(C)CNCCCCN(C)CCN1CCCC1. The van der Waals surface area contributed by atoms with Gasteiger partial charge in [0.15, 0.2) is 0 Å². The first-order chi connectivity index (χ1) is 8.68. The van der Waals surface area contributed by atoms with Gasteiger partial charge in [-0.2, -0.15) is 0 Å². The van der Waals surface area contributed by atoms with E-state index in [0.717, 1.165) is 12.5 Å². The zero-order chi connectivity index (χ0) is 13.2. The molecule has 0 aromatic carbocycles. The lowest BCUT2D eigenvalue weighted by Gasteiger charge is -2.21. The van der Waals surface area contributed by atoms with Crippen molar-refractivity contribution in [2.75, 3.05) is 52.9 Å². The number of likely N-dealkylation sites (N-methyl/N-ethyl adjacent to an activating group) is 1. The summed E-state index contributed by atoms with van der Waals surface area (Å²) >= 11 is 0. The summed E-state index contributed by atoms with van der Waals surface area (Å²) in [5.41, 5.74) is 0. The Morgan fingerprint density at radius 2 is 1.83 bits per heavy atom. The summed E-state index contributed by atoms with van der Waals surface area (Å²) in [6.07, 6.45) is 5.44. The second-order valence-corrected chi connectivity index (χ2v) is 6.16. The molecule has 0 aromatic rings. The van der Waals surface area contributed by atoms with Crippen LogP contribution in [0, 0.1) is 5.92 Å². The lowest BCUT2D eigenvalue weighted by Crippen LogP contribution is -2.32. The Morgan fingerprint density at radius 3 is 2.50 bits per heavy atom. The highest BCUT2D eigenvalue weighted by Crippen LogP contribution is 2.06. The fourth-order valence-electron chi connectivity index (χ4n) is 2.45. The van der Waals surface area contributed by atoms with E-state index in [9.17, 15) is 0 Å². The van der Waals surface area contributed by atoms with Crippen molar-refractivity contribution in [1.82, 2.24) is 15.1 Å². The van der Waals surface area contributed by atoms with E-state index in [4.69, 9.17) is 0 Å². The van der Waals surface area contributed by atoms with E-state index in [1.807, 2.05) is 0 Å². The third kappa shape index (κ3) is 8.06. The number of rotatable bonds is 10. The molecule has 0 amide bonds. The Morgan fingerprint density at radius 1 is 1.11 bits per heavy atom. The maximum absolute atomic E-state index is 3.51. The lowest BCUT2D eigenvalue weighted by molar-refractivity contribution is 0.254. The Labute approximate surface area is 114 Å². The normalized spacial score (nSPS) is 17.2. The van der Waals surface area contributed by atoms with E-state index >= 15 is 0 Å². The average molecular weight is 255 g/mol. The van der Waals surface area contributed by atoms with Gasteiger partial charge in [0.1, 0.15) is 0 Å². The summed E-state index contributed by atoms with van der Waals surface area (Å²) in [5, 5.41) is 3.51. The summed E-state index contributed by atoms with van der Waals surface area (Å²) in [6, 6.07) is 0. The van der Waals surface area contributed by atoms with Crippen LogP contribution in [-0.4, -0.2) is 62.7 Å². The van der Waals surface area contributed by atoms with Crippen LogP contribution in [0.4, 0.5) is 0 Å². The number of nitrogens with one attached hydrogen (secondary N) is 1. The number of unbranched alkanes of at least 4 members (excludes halogenated alkanes) is 1. The van der Waals surface area contributed by atoms with Gasteiger partial charge in [0.2, 0.25) is 0 Å². The molecule has 1 rings (SSSR count). The van der Waals surface area contributed by atoms with Crippen LogP contribution in [0.3, 0.4) is 0 Å². The van der Waals surface area contributed by atoms with Crippen LogP contribution in [0.1, 0.15) is 39.5 Å². The number of hydrogen-bond acceptors (Lipinski definition) is 3. The first kappa shape index (κ1) is 15.9. The largest absolute Gasteiger partial charge is 0.316 e. The summed E-state index contributed by atoms with van der Waals surface area (Å²) in [7, 11) is 2.26. The van der Waals surface area contributed by atoms with Crippen molar-refractivity contribution in [3.05, 3.63) is 0 Å². The Bertz CT molecular complexity index is 188. The van der Waals surface area contributed by atoms with E-state index in [0.29, 0.717) is 0 Å². The van der Waals surface area contributed by atoms with Crippen LogP contribution in [0.15, 0.2) is 0 Å². The molecule has 0 unspecified atom stereocenters. The molecule has 108 valence electrons. The smallest absolute Gasteiger partial charge is 0.0109 e. The number of likely N-dealkylation sites (tertiary alicyclic amines) is 1. The third-order valence-corrected chi connectivity index (χ3v) is 3.69. The van der Waals surface area contributed by atoms with Gasteiger partial charge in [0, 0.05) is 13.1 Å². The van der Waals surface area contributed by atoms with E-state index in [1.54, 1.807) is 0 Å². The first-order valence-electron chi connectivity index (χ1n) is 7.80. The van der Waals surface area contributed by atoms with Gasteiger partial charge in [-0.25, -0.2) is 0 Å². The van der Waals surface area contributed by atoms with Crippen molar-refractivity contribution in [3.63, 3.8) is 0 Å². The van der Waals surface area contributed by atoms with Gasteiger partial charge >= 0.3 is 0 Å². The minimum atomic E-state index is 0.771. The zero-order valence-corrected chi connectivity index (χ0v) is 12.7. The highest BCUT2D eigenvalue weighted by Gasteiger charge is 2.11. The van der Waals surface area contributed by atoms with Gasteiger partial charge in [-0.15, -0.1) is 0 Å². The van der Waals surface area contributed by atoms with E-state index in [2.05, 4.69) is 36.0 Å². The molecular weight excluding hydrogens is 222 g/mol. The molecule has 0 spiro atoms. The van der Waals surface area contributed by atoms with Crippen molar-refractivity contribution in [2.24, 2.45) is 5.92 Å². The van der Waals surface area contributed by atoms with Gasteiger partial charge in [0.05, 0.1) is 0 Å². The molecule has 0 atom stereocenters. The predicted octanol–water partition coefficient (Wildman–Crippen LogP) is 2.04. The van der Waals surface area contributed by atoms with Gasteiger partial charge in [-0.05, 0) is 71.4 Å². The molecule has 0 saturated carbocycles.